The highest BCUT2D eigenvalue weighted by molar-refractivity contribution is 5.62. The number of halogens is 3. The Labute approximate surface area is 141 Å². The van der Waals surface area contributed by atoms with E-state index in [9.17, 15) is 18.0 Å². The molecule has 0 spiro atoms. The van der Waals surface area contributed by atoms with Crippen molar-refractivity contribution in [2.75, 3.05) is 0 Å². The van der Waals surface area contributed by atoms with Crippen LogP contribution in [0, 0.1) is 12.7 Å². The summed E-state index contributed by atoms with van der Waals surface area (Å²) in [4.78, 5) is 11.3. The molecule has 0 aliphatic heterocycles. The molecule has 5 nitrogen and oxygen atoms in total. The van der Waals surface area contributed by atoms with Gasteiger partial charge in [0.25, 0.3) is 12.0 Å². The molecular weight excluding hydrogens is 333 g/mol. The second kappa shape index (κ2) is 6.92. The van der Waals surface area contributed by atoms with Crippen LogP contribution in [0.3, 0.4) is 0 Å². The van der Waals surface area contributed by atoms with Crippen molar-refractivity contribution in [3.05, 3.63) is 69.7 Å². The van der Waals surface area contributed by atoms with Gasteiger partial charge in [-0.15, -0.1) is 0 Å². The lowest BCUT2D eigenvalue weighted by Crippen LogP contribution is -2.14. The zero-order valence-corrected chi connectivity index (χ0v) is 13.3. The smallest absolute Gasteiger partial charge is 0.267 e. The van der Waals surface area contributed by atoms with Crippen molar-refractivity contribution < 1.29 is 13.2 Å². The lowest BCUT2D eigenvalue weighted by molar-refractivity contribution is 0.146. The van der Waals surface area contributed by atoms with E-state index in [-0.39, 0.29) is 5.56 Å². The average Bonchev–Trinajstić information content (AvgIpc) is 3.05. The lowest BCUT2D eigenvalue weighted by Gasteiger charge is -2.04. The van der Waals surface area contributed by atoms with Crippen LogP contribution in [0.1, 0.15) is 23.2 Å². The molecule has 3 rings (SSSR count). The summed E-state index contributed by atoms with van der Waals surface area (Å²) in [5.41, 5.74) is 1.54. The van der Waals surface area contributed by atoms with Gasteiger partial charge in [-0.2, -0.15) is 10.2 Å². The van der Waals surface area contributed by atoms with Crippen molar-refractivity contribution in [3.63, 3.8) is 0 Å². The number of rotatable bonds is 5. The Morgan fingerprint density at radius 3 is 2.76 bits per heavy atom. The van der Waals surface area contributed by atoms with Crippen LogP contribution in [0.2, 0.25) is 0 Å². The second-order valence-corrected chi connectivity index (χ2v) is 5.65. The van der Waals surface area contributed by atoms with Crippen molar-refractivity contribution in [2.24, 2.45) is 0 Å². The molecule has 3 aromatic rings. The minimum absolute atomic E-state index is 0.226. The Balaban J connectivity index is 1.75. The third-order valence-electron chi connectivity index (χ3n) is 3.84. The normalized spacial score (nSPS) is 11.2. The molecule has 0 atom stereocenters. The van der Waals surface area contributed by atoms with E-state index in [0.29, 0.717) is 29.7 Å². The van der Waals surface area contributed by atoms with Crippen LogP contribution in [0.5, 0.6) is 0 Å². The molecular formula is C17H15F3N4O. The molecule has 0 fully saturated rings. The molecule has 2 aromatic heterocycles. The maximum absolute atomic E-state index is 13.4. The fourth-order valence-electron chi connectivity index (χ4n) is 2.44. The fraction of sp³-hybridized carbons (Fsp3) is 0.235. The zero-order chi connectivity index (χ0) is 18.0. The van der Waals surface area contributed by atoms with Crippen LogP contribution in [0.15, 0.2) is 41.5 Å². The molecule has 0 radical (unpaired) electrons. The van der Waals surface area contributed by atoms with E-state index in [1.54, 1.807) is 23.9 Å². The van der Waals surface area contributed by atoms with Gasteiger partial charge in [-0.1, -0.05) is 6.07 Å². The maximum Gasteiger partial charge on any atom is 0.267 e. The van der Waals surface area contributed by atoms with Crippen molar-refractivity contribution in [1.82, 2.24) is 20.0 Å². The minimum atomic E-state index is -2.87. The summed E-state index contributed by atoms with van der Waals surface area (Å²) in [6.45, 7) is 2.20. The van der Waals surface area contributed by atoms with Crippen LogP contribution >= 0.6 is 0 Å². The van der Waals surface area contributed by atoms with Gasteiger partial charge in [0.05, 0.1) is 17.5 Å². The third kappa shape index (κ3) is 3.78. The molecule has 0 unspecified atom stereocenters. The summed E-state index contributed by atoms with van der Waals surface area (Å²) < 4.78 is 40.6. The van der Waals surface area contributed by atoms with Gasteiger partial charge in [-0.25, -0.2) is 18.3 Å². The number of hydrogen-bond acceptors (Lipinski definition) is 3. The van der Waals surface area contributed by atoms with E-state index in [1.165, 1.54) is 12.3 Å². The number of benzene rings is 1. The van der Waals surface area contributed by atoms with Crippen LogP contribution in [-0.2, 0) is 13.0 Å². The Kier molecular flexibility index (Phi) is 4.69. The number of H-pyrrole nitrogens is 1. The zero-order valence-electron chi connectivity index (χ0n) is 13.3. The molecule has 0 aliphatic carbocycles. The molecule has 25 heavy (non-hydrogen) atoms. The first-order valence-corrected chi connectivity index (χ1v) is 7.59. The first kappa shape index (κ1) is 16.9. The molecule has 0 amide bonds. The van der Waals surface area contributed by atoms with Gasteiger partial charge >= 0.3 is 0 Å². The number of aromatic nitrogens is 4. The van der Waals surface area contributed by atoms with E-state index in [4.69, 9.17) is 0 Å². The Hall–Kier alpha value is -2.90. The number of aryl methyl sites for hydroxylation is 3. The van der Waals surface area contributed by atoms with Crippen molar-refractivity contribution in [1.29, 1.82) is 0 Å². The summed E-state index contributed by atoms with van der Waals surface area (Å²) in [5.74, 6) is -0.925. The highest BCUT2D eigenvalue weighted by atomic mass is 19.3. The molecule has 0 aliphatic rings. The molecule has 1 aromatic carbocycles. The molecule has 0 saturated carbocycles. The summed E-state index contributed by atoms with van der Waals surface area (Å²) >= 11 is 0. The van der Waals surface area contributed by atoms with Gasteiger partial charge < -0.3 is 0 Å². The van der Waals surface area contributed by atoms with Gasteiger partial charge in [0, 0.05) is 30.3 Å². The number of nitrogens with zero attached hydrogens (tertiary/aromatic N) is 3. The molecule has 0 bridgehead atoms. The predicted octanol–water partition coefficient (Wildman–Crippen LogP) is 3.26. The van der Waals surface area contributed by atoms with Gasteiger partial charge in [-0.05, 0) is 30.7 Å². The van der Waals surface area contributed by atoms with Crippen LogP contribution < -0.4 is 5.56 Å². The summed E-state index contributed by atoms with van der Waals surface area (Å²) in [7, 11) is 0. The number of alkyl halides is 2. The van der Waals surface area contributed by atoms with Crippen LogP contribution in [-0.4, -0.2) is 20.0 Å². The number of nitrogens with one attached hydrogen (secondary N) is 1. The van der Waals surface area contributed by atoms with Crippen molar-refractivity contribution >= 4 is 0 Å². The predicted molar refractivity (Wildman–Crippen MR) is 85.9 cm³/mol. The van der Waals surface area contributed by atoms with Gasteiger partial charge in [-0.3, -0.25) is 9.48 Å². The van der Waals surface area contributed by atoms with Crippen molar-refractivity contribution in [2.45, 2.75) is 26.3 Å². The quantitative estimate of drug-likeness (QED) is 0.770. The second-order valence-electron chi connectivity index (χ2n) is 5.65. The standard InChI is InChI=1S/C17H15F3N4O/c1-10-6-13(22-23-17(10)25)4-5-24-9-12(8-21-24)11-2-3-15(18)14(7-11)16(19)20/h2-3,6-9,16H,4-5H2,1H3,(H,23,25). The van der Waals surface area contributed by atoms with Crippen LogP contribution in [0.4, 0.5) is 13.2 Å². The average molecular weight is 348 g/mol. The third-order valence-corrected chi connectivity index (χ3v) is 3.84. The summed E-state index contributed by atoms with van der Waals surface area (Å²) in [5, 5.41) is 10.6. The number of hydrogen-bond donors (Lipinski definition) is 1. The van der Waals surface area contributed by atoms with E-state index in [2.05, 4.69) is 15.3 Å². The van der Waals surface area contributed by atoms with Crippen molar-refractivity contribution in [3.8, 4) is 11.1 Å². The topological polar surface area (TPSA) is 63.6 Å². The first-order chi connectivity index (χ1) is 11.9. The van der Waals surface area contributed by atoms with Gasteiger partial charge in [0.1, 0.15) is 5.82 Å². The lowest BCUT2D eigenvalue weighted by atomic mass is 10.1. The SMILES string of the molecule is Cc1cc(CCn2cc(-c3ccc(F)c(C(F)F)c3)cn2)n[nH]c1=O. The highest BCUT2D eigenvalue weighted by Gasteiger charge is 2.15. The summed E-state index contributed by atoms with van der Waals surface area (Å²) in [6.07, 6.45) is 0.906. The molecule has 0 saturated heterocycles. The maximum atomic E-state index is 13.4. The molecule has 130 valence electrons. The van der Waals surface area contributed by atoms with E-state index >= 15 is 0 Å². The molecule has 1 N–H and O–H groups in total. The Morgan fingerprint density at radius 2 is 2.04 bits per heavy atom. The van der Waals surface area contributed by atoms with E-state index in [1.807, 2.05) is 0 Å². The van der Waals surface area contributed by atoms with Gasteiger partial charge in [0.2, 0.25) is 0 Å². The van der Waals surface area contributed by atoms with Crippen LogP contribution in [0.25, 0.3) is 11.1 Å². The summed E-state index contributed by atoms with van der Waals surface area (Å²) in [6, 6.07) is 5.31. The number of aromatic amines is 1. The molecule has 8 heteroatoms. The Morgan fingerprint density at radius 1 is 1.24 bits per heavy atom. The Bertz CT molecular complexity index is 949. The van der Waals surface area contributed by atoms with E-state index in [0.717, 1.165) is 17.8 Å². The highest BCUT2D eigenvalue weighted by Crippen LogP contribution is 2.27. The van der Waals surface area contributed by atoms with Gasteiger partial charge in [0.15, 0.2) is 0 Å². The fourth-order valence-corrected chi connectivity index (χ4v) is 2.44. The minimum Gasteiger partial charge on any atom is -0.272 e. The van der Waals surface area contributed by atoms with E-state index < -0.39 is 17.8 Å². The first-order valence-electron chi connectivity index (χ1n) is 7.59. The molecule has 2 heterocycles. The monoisotopic (exact) mass is 348 g/mol. The largest absolute Gasteiger partial charge is 0.272 e.